The molecule has 1 heteroatoms. The summed E-state index contributed by atoms with van der Waals surface area (Å²) >= 11 is 0. The van der Waals surface area contributed by atoms with Gasteiger partial charge in [0.2, 0.25) is 0 Å². The van der Waals surface area contributed by atoms with Crippen molar-refractivity contribution in [1.82, 2.24) is 0 Å². The van der Waals surface area contributed by atoms with Crippen molar-refractivity contribution < 1.29 is 5.11 Å². The third-order valence-corrected chi connectivity index (χ3v) is 4.56. The molecule has 2 rings (SSSR count). The van der Waals surface area contributed by atoms with Crippen LogP contribution in [0.3, 0.4) is 0 Å². The summed E-state index contributed by atoms with van der Waals surface area (Å²) in [6.07, 6.45) is 10.4. The minimum atomic E-state index is -0.412. The van der Waals surface area contributed by atoms with Crippen LogP contribution in [0.5, 0.6) is 0 Å². The highest BCUT2D eigenvalue weighted by molar-refractivity contribution is 5.37. The lowest BCUT2D eigenvalue weighted by atomic mass is 9.91. The van der Waals surface area contributed by atoms with Crippen LogP contribution in [0, 0.1) is 5.92 Å². The van der Waals surface area contributed by atoms with Crippen molar-refractivity contribution in [2.24, 2.45) is 5.92 Å². The van der Waals surface area contributed by atoms with Gasteiger partial charge >= 0.3 is 0 Å². The molecule has 0 heterocycles. The van der Waals surface area contributed by atoms with E-state index in [2.05, 4.69) is 19.6 Å². The average molecular weight is 284 g/mol. The van der Waals surface area contributed by atoms with E-state index in [1.165, 1.54) is 31.3 Å². The number of aliphatic hydroxyl groups excluding tert-OH is 1. The Hall–Kier alpha value is -1.34. The Morgan fingerprint density at radius 2 is 2.00 bits per heavy atom. The van der Waals surface area contributed by atoms with E-state index in [0.29, 0.717) is 0 Å². The van der Waals surface area contributed by atoms with Crippen molar-refractivity contribution in [3.05, 3.63) is 59.7 Å². The number of unbranched alkanes of at least 4 members (excludes halogenated alkanes) is 4. The fraction of sp³-hybridized carbons (Fsp3) is 0.500. The second-order valence-electron chi connectivity index (χ2n) is 6.10. The molecule has 0 aliphatic heterocycles. The Morgan fingerprint density at radius 1 is 1.24 bits per heavy atom. The Labute approximate surface area is 129 Å². The average Bonchev–Trinajstić information content (AvgIpc) is 2.88. The SMILES string of the molecule is C=C1/C(=C/CCCCCC)CC[C@H]1[C@H](O)c1ccccc1. The molecule has 1 fully saturated rings. The second-order valence-corrected chi connectivity index (χ2v) is 6.10. The van der Waals surface area contributed by atoms with E-state index in [9.17, 15) is 5.11 Å². The first kappa shape index (κ1) is 16.0. The standard InChI is InChI=1S/C20H28O/c1-3-4-5-6-8-11-17-14-15-19(16(17)2)20(21)18-12-9-7-10-13-18/h7,9-13,19-21H,2-6,8,14-15H2,1H3/b17-11+/t19-,20-/m1/s1. The fourth-order valence-corrected chi connectivity index (χ4v) is 3.20. The number of benzene rings is 1. The molecule has 0 amide bonds. The molecule has 1 aliphatic rings. The maximum atomic E-state index is 10.6. The largest absolute Gasteiger partial charge is 0.388 e. The van der Waals surface area contributed by atoms with Crippen molar-refractivity contribution in [2.75, 3.05) is 0 Å². The van der Waals surface area contributed by atoms with Crippen LogP contribution in [-0.4, -0.2) is 5.11 Å². The summed E-state index contributed by atoms with van der Waals surface area (Å²) in [5, 5.41) is 10.6. The molecular formula is C20H28O. The monoisotopic (exact) mass is 284 g/mol. The lowest BCUT2D eigenvalue weighted by Crippen LogP contribution is -2.10. The van der Waals surface area contributed by atoms with Gasteiger partial charge in [-0.25, -0.2) is 0 Å². The predicted octanol–water partition coefficient (Wildman–Crippen LogP) is 5.58. The highest BCUT2D eigenvalue weighted by atomic mass is 16.3. The third kappa shape index (κ3) is 4.31. The van der Waals surface area contributed by atoms with E-state index >= 15 is 0 Å². The van der Waals surface area contributed by atoms with Gasteiger partial charge in [-0.1, -0.05) is 69.2 Å². The number of aliphatic hydroxyl groups is 1. The van der Waals surface area contributed by atoms with Gasteiger partial charge < -0.3 is 5.11 Å². The number of hydrogen-bond acceptors (Lipinski definition) is 1. The molecule has 2 atom stereocenters. The molecule has 0 radical (unpaired) electrons. The van der Waals surface area contributed by atoms with Gasteiger partial charge in [-0.2, -0.15) is 0 Å². The molecule has 1 aliphatic carbocycles. The first-order valence-electron chi connectivity index (χ1n) is 8.35. The smallest absolute Gasteiger partial charge is 0.0858 e. The molecule has 21 heavy (non-hydrogen) atoms. The fourth-order valence-electron chi connectivity index (χ4n) is 3.20. The van der Waals surface area contributed by atoms with E-state index in [-0.39, 0.29) is 5.92 Å². The minimum Gasteiger partial charge on any atom is -0.388 e. The summed E-state index contributed by atoms with van der Waals surface area (Å²) in [4.78, 5) is 0. The molecule has 1 nitrogen and oxygen atoms in total. The normalized spacial score (nSPS) is 21.9. The van der Waals surface area contributed by atoms with Gasteiger partial charge in [-0.15, -0.1) is 0 Å². The van der Waals surface area contributed by atoms with Gasteiger partial charge in [0.15, 0.2) is 0 Å². The second kappa shape index (κ2) is 8.19. The van der Waals surface area contributed by atoms with E-state index in [0.717, 1.165) is 30.4 Å². The van der Waals surface area contributed by atoms with Crippen LogP contribution in [-0.2, 0) is 0 Å². The molecule has 1 N–H and O–H groups in total. The predicted molar refractivity (Wildman–Crippen MR) is 90.1 cm³/mol. The molecule has 1 aromatic rings. The lowest BCUT2D eigenvalue weighted by molar-refractivity contribution is 0.129. The lowest BCUT2D eigenvalue weighted by Gasteiger charge is -2.19. The van der Waals surface area contributed by atoms with Gasteiger partial charge in [0.25, 0.3) is 0 Å². The Bertz CT molecular complexity index is 472. The van der Waals surface area contributed by atoms with Crippen LogP contribution in [0.15, 0.2) is 54.1 Å². The quantitative estimate of drug-likeness (QED) is 0.648. The third-order valence-electron chi connectivity index (χ3n) is 4.56. The van der Waals surface area contributed by atoms with Crippen LogP contribution in [0.25, 0.3) is 0 Å². The van der Waals surface area contributed by atoms with Gasteiger partial charge in [0, 0.05) is 5.92 Å². The Kier molecular flexibility index (Phi) is 6.25. The Balaban J connectivity index is 1.90. The molecule has 0 saturated heterocycles. The first-order valence-corrected chi connectivity index (χ1v) is 8.35. The Morgan fingerprint density at radius 3 is 2.71 bits per heavy atom. The van der Waals surface area contributed by atoms with E-state index in [1.54, 1.807) is 0 Å². The number of rotatable bonds is 7. The zero-order chi connectivity index (χ0) is 15.1. The van der Waals surface area contributed by atoms with Crippen LogP contribution in [0.2, 0.25) is 0 Å². The van der Waals surface area contributed by atoms with Crippen molar-refractivity contribution in [3.63, 3.8) is 0 Å². The van der Waals surface area contributed by atoms with E-state index in [1.807, 2.05) is 30.3 Å². The molecule has 0 bridgehead atoms. The minimum absolute atomic E-state index is 0.189. The van der Waals surface area contributed by atoms with Crippen LogP contribution < -0.4 is 0 Å². The van der Waals surface area contributed by atoms with E-state index in [4.69, 9.17) is 0 Å². The van der Waals surface area contributed by atoms with Gasteiger partial charge in [-0.3, -0.25) is 0 Å². The molecule has 0 unspecified atom stereocenters. The summed E-state index contributed by atoms with van der Waals surface area (Å²) in [5.74, 6) is 0.189. The van der Waals surface area contributed by atoms with Gasteiger partial charge in [0.05, 0.1) is 6.10 Å². The molecule has 114 valence electrons. The highest BCUT2D eigenvalue weighted by Gasteiger charge is 2.30. The zero-order valence-electron chi connectivity index (χ0n) is 13.2. The van der Waals surface area contributed by atoms with Crippen LogP contribution in [0.1, 0.15) is 63.5 Å². The molecule has 1 aromatic carbocycles. The molecular weight excluding hydrogens is 256 g/mol. The summed E-state index contributed by atoms with van der Waals surface area (Å²) in [7, 11) is 0. The highest BCUT2D eigenvalue weighted by Crippen LogP contribution is 2.42. The van der Waals surface area contributed by atoms with Crippen molar-refractivity contribution in [2.45, 2.75) is 58.0 Å². The molecule has 0 spiro atoms. The summed E-state index contributed by atoms with van der Waals surface area (Å²) < 4.78 is 0. The summed E-state index contributed by atoms with van der Waals surface area (Å²) in [6, 6.07) is 9.97. The zero-order valence-corrected chi connectivity index (χ0v) is 13.2. The first-order chi connectivity index (χ1) is 10.2. The summed E-state index contributed by atoms with van der Waals surface area (Å²) in [5.41, 5.74) is 3.54. The maximum absolute atomic E-state index is 10.6. The van der Waals surface area contributed by atoms with Crippen LogP contribution >= 0.6 is 0 Å². The van der Waals surface area contributed by atoms with E-state index < -0.39 is 6.10 Å². The van der Waals surface area contributed by atoms with Crippen molar-refractivity contribution in [3.8, 4) is 0 Å². The van der Waals surface area contributed by atoms with Gasteiger partial charge in [-0.05, 0) is 42.4 Å². The number of allylic oxidation sites excluding steroid dienone is 2. The van der Waals surface area contributed by atoms with Crippen molar-refractivity contribution in [1.29, 1.82) is 0 Å². The topological polar surface area (TPSA) is 20.2 Å². The molecule has 0 aromatic heterocycles. The van der Waals surface area contributed by atoms with Crippen molar-refractivity contribution >= 4 is 0 Å². The summed E-state index contributed by atoms with van der Waals surface area (Å²) in [6.45, 7) is 6.49. The number of hydrogen-bond donors (Lipinski definition) is 1. The van der Waals surface area contributed by atoms with Gasteiger partial charge in [0.1, 0.15) is 0 Å². The molecule has 1 saturated carbocycles. The van der Waals surface area contributed by atoms with Crippen LogP contribution in [0.4, 0.5) is 0 Å². The maximum Gasteiger partial charge on any atom is 0.0858 e.